The number of methoxy groups -OCH3 is 1. The number of rotatable bonds is 9. The monoisotopic (exact) mass is 260 g/mol. The van der Waals surface area contributed by atoms with E-state index >= 15 is 0 Å². The number of nitrogens with one attached hydrogen (secondary N) is 2. The summed E-state index contributed by atoms with van der Waals surface area (Å²) in [6, 6.07) is -0.0909. The molecule has 6 heteroatoms. The summed E-state index contributed by atoms with van der Waals surface area (Å²) in [7, 11) is 1.56. The third-order valence-electron chi connectivity index (χ3n) is 3.03. The van der Waals surface area contributed by atoms with Crippen LogP contribution in [0, 0.1) is 0 Å². The van der Waals surface area contributed by atoms with Crippen molar-refractivity contribution in [3.8, 4) is 0 Å². The van der Waals surface area contributed by atoms with Crippen molar-refractivity contribution in [1.82, 2.24) is 10.6 Å². The molecule has 1 unspecified atom stereocenters. The van der Waals surface area contributed by atoms with E-state index < -0.39 is 11.5 Å². The van der Waals surface area contributed by atoms with Crippen molar-refractivity contribution >= 4 is 11.9 Å². The lowest BCUT2D eigenvalue weighted by atomic mass is 9.93. The van der Waals surface area contributed by atoms with Crippen LogP contribution in [-0.4, -0.2) is 48.8 Å². The molecule has 106 valence electrons. The van der Waals surface area contributed by atoms with Crippen molar-refractivity contribution in [3.05, 3.63) is 0 Å². The Morgan fingerprint density at radius 3 is 2.28 bits per heavy atom. The summed E-state index contributed by atoms with van der Waals surface area (Å²) in [4.78, 5) is 22.8. The third-order valence-corrected chi connectivity index (χ3v) is 3.03. The van der Waals surface area contributed by atoms with Crippen LogP contribution in [0.5, 0.6) is 0 Å². The van der Waals surface area contributed by atoms with Crippen LogP contribution in [0.2, 0.25) is 0 Å². The van der Waals surface area contributed by atoms with E-state index in [1.807, 2.05) is 6.92 Å². The Morgan fingerprint density at radius 1 is 1.33 bits per heavy atom. The maximum atomic E-state index is 11.6. The number of carboxylic acid groups (broad SMARTS) is 1. The van der Waals surface area contributed by atoms with Gasteiger partial charge >= 0.3 is 5.97 Å². The summed E-state index contributed by atoms with van der Waals surface area (Å²) < 4.78 is 4.90. The number of ether oxygens (including phenoxy) is 1. The summed E-state index contributed by atoms with van der Waals surface area (Å²) in [6.07, 6.45) is 0.861. The second-order valence-corrected chi connectivity index (χ2v) is 4.37. The highest BCUT2D eigenvalue weighted by Gasteiger charge is 2.34. The largest absolute Gasteiger partial charge is 0.480 e. The molecule has 0 radical (unpaired) electrons. The standard InChI is InChI=1S/C12H24N2O4/c1-5-12(6-2,11(16)17)13-7-10(15)14-9(3)8-18-4/h9,13H,5-8H2,1-4H3,(H,14,15)(H,16,17). The van der Waals surface area contributed by atoms with Gasteiger partial charge in [0.15, 0.2) is 0 Å². The minimum atomic E-state index is -1.03. The lowest BCUT2D eigenvalue weighted by Crippen LogP contribution is -2.54. The van der Waals surface area contributed by atoms with E-state index in [9.17, 15) is 14.7 Å². The zero-order valence-electron chi connectivity index (χ0n) is 11.6. The highest BCUT2D eigenvalue weighted by molar-refractivity contribution is 5.82. The summed E-state index contributed by atoms with van der Waals surface area (Å²) in [5.74, 6) is -1.16. The Kier molecular flexibility index (Phi) is 7.54. The number of carbonyl (C=O) groups is 2. The van der Waals surface area contributed by atoms with Crippen LogP contribution < -0.4 is 10.6 Å². The lowest BCUT2D eigenvalue weighted by Gasteiger charge is -2.28. The van der Waals surface area contributed by atoms with Crippen LogP contribution in [0.25, 0.3) is 0 Å². The minimum Gasteiger partial charge on any atom is -0.480 e. The Morgan fingerprint density at radius 2 is 1.89 bits per heavy atom. The molecule has 0 aliphatic heterocycles. The summed E-state index contributed by atoms with van der Waals surface area (Å²) in [5.41, 5.74) is -1.03. The summed E-state index contributed by atoms with van der Waals surface area (Å²) >= 11 is 0. The molecule has 0 fully saturated rings. The lowest BCUT2D eigenvalue weighted by molar-refractivity contribution is -0.145. The van der Waals surface area contributed by atoms with Crippen LogP contribution in [0.15, 0.2) is 0 Å². The van der Waals surface area contributed by atoms with Crippen molar-refractivity contribution < 1.29 is 19.4 Å². The van der Waals surface area contributed by atoms with Gasteiger partial charge in [0.2, 0.25) is 5.91 Å². The first-order chi connectivity index (χ1) is 8.41. The predicted molar refractivity (Wildman–Crippen MR) is 68.4 cm³/mol. The minimum absolute atomic E-state index is 0.0119. The van der Waals surface area contributed by atoms with Gasteiger partial charge in [-0.05, 0) is 19.8 Å². The molecule has 0 heterocycles. The van der Waals surface area contributed by atoms with Gasteiger partial charge in [-0.1, -0.05) is 13.8 Å². The molecule has 0 saturated heterocycles. The molecule has 0 aromatic heterocycles. The van der Waals surface area contributed by atoms with E-state index in [4.69, 9.17) is 4.74 Å². The highest BCUT2D eigenvalue weighted by Crippen LogP contribution is 2.14. The molecule has 0 aliphatic rings. The third kappa shape index (κ3) is 5.01. The van der Waals surface area contributed by atoms with Crippen molar-refractivity contribution in [3.63, 3.8) is 0 Å². The molecule has 0 rings (SSSR count). The van der Waals surface area contributed by atoms with Crippen LogP contribution in [0.1, 0.15) is 33.6 Å². The number of amides is 1. The molecule has 18 heavy (non-hydrogen) atoms. The number of hydrogen-bond acceptors (Lipinski definition) is 4. The quantitative estimate of drug-likeness (QED) is 0.557. The van der Waals surface area contributed by atoms with Crippen molar-refractivity contribution in [1.29, 1.82) is 0 Å². The zero-order chi connectivity index (χ0) is 14.2. The van der Waals surface area contributed by atoms with Gasteiger partial charge in [0, 0.05) is 13.2 Å². The van der Waals surface area contributed by atoms with Crippen molar-refractivity contribution in [2.24, 2.45) is 0 Å². The van der Waals surface area contributed by atoms with Crippen molar-refractivity contribution in [2.75, 3.05) is 20.3 Å². The topological polar surface area (TPSA) is 87.7 Å². The normalized spacial score (nSPS) is 13.1. The smallest absolute Gasteiger partial charge is 0.323 e. The Labute approximate surface area is 108 Å². The molecular formula is C12H24N2O4. The van der Waals surface area contributed by atoms with E-state index in [0.29, 0.717) is 19.4 Å². The summed E-state index contributed by atoms with van der Waals surface area (Å²) in [6.45, 7) is 5.82. The predicted octanol–water partition coefficient (Wildman–Crippen LogP) is 0.371. The van der Waals surface area contributed by atoms with Crippen LogP contribution in [0.3, 0.4) is 0 Å². The fourth-order valence-corrected chi connectivity index (χ4v) is 1.75. The molecule has 1 atom stereocenters. The molecule has 0 aliphatic carbocycles. The molecule has 0 bridgehead atoms. The molecule has 0 saturated carbocycles. The highest BCUT2D eigenvalue weighted by atomic mass is 16.5. The van der Waals surface area contributed by atoms with Gasteiger partial charge < -0.3 is 15.2 Å². The molecule has 3 N–H and O–H groups in total. The van der Waals surface area contributed by atoms with E-state index in [1.54, 1.807) is 21.0 Å². The molecule has 0 aromatic carbocycles. The van der Waals surface area contributed by atoms with E-state index in [1.165, 1.54) is 0 Å². The van der Waals surface area contributed by atoms with Crippen LogP contribution in [-0.2, 0) is 14.3 Å². The van der Waals surface area contributed by atoms with Gasteiger partial charge in [-0.15, -0.1) is 0 Å². The van der Waals surface area contributed by atoms with Gasteiger partial charge in [0.1, 0.15) is 5.54 Å². The first-order valence-corrected chi connectivity index (χ1v) is 6.18. The zero-order valence-corrected chi connectivity index (χ0v) is 11.6. The summed E-state index contributed by atoms with van der Waals surface area (Å²) in [5, 5.41) is 14.7. The molecule has 1 amide bonds. The van der Waals surface area contributed by atoms with Gasteiger partial charge in [-0.3, -0.25) is 14.9 Å². The van der Waals surface area contributed by atoms with E-state index in [-0.39, 0.29) is 18.5 Å². The molecule has 6 nitrogen and oxygen atoms in total. The second kappa shape index (κ2) is 8.05. The van der Waals surface area contributed by atoms with Gasteiger partial charge in [0.05, 0.1) is 13.2 Å². The SMILES string of the molecule is CCC(CC)(NCC(=O)NC(C)COC)C(=O)O. The number of aliphatic carboxylic acids is 1. The van der Waals surface area contributed by atoms with Gasteiger partial charge in [0.25, 0.3) is 0 Å². The van der Waals surface area contributed by atoms with Gasteiger partial charge in [-0.2, -0.15) is 0 Å². The average molecular weight is 260 g/mol. The average Bonchev–Trinajstić information content (AvgIpc) is 2.30. The maximum absolute atomic E-state index is 11.6. The maximum Gasteiger partial charge on any atom is 0.323 e. The molecular weight excluding hydrogens is 236 g/mol. The van der Waals surface area contributed by atoms with Crippen LogP contribution >= 0.6 is 0 Å². The fourth-order valence-electron chi connectivity index (χ4n) is 1.75. The fraction of sp³-hybridized carbons (Fsp3) is 0.833. The molecule has 0 aromatic rings. The second-order valence-electron chi connectivity index (χ2n) is 4.37. The van der Waals surface area contributed by atoms with E-state index in [2.05, 4.69) is 10.6 Å². The molecule has 0 spiro atoms. The van der Waals surface area contributed by atoms with Crippen LogP contribution in [0.4, 0.5) is 0 Å². The van der Waals surface area contributed by atoms with Gasteiger partial charge in [-0.25, -0.2) is 0 Å². The first-order valence-electron chi connectivity index (χ1n) is 6.18. The van der Waals surface area contributed by atoms with Crippen molar-refractivity contribution in [2.45, 2.75) is 45.2 Å². The van der Waals surface area contributed by atoms with E-state index in [0.717, 1.165) is 0 Å². The Bertz CT molecular complexity index is 277. The Balaban J connectivity index is 4.28. The number of carboxylic acids is 1. The number of hydrogen-bond donors (Lipinski definition) is 3. The first kappa shape index (κ1) is 16.9. The number of carbonyl (C=O) groups excluding carboxylic acids is 1. The Hall–Kier alpha value is -1.14.